The van der Waals surface area contributed by atoms with E-state index in [1.54, 1.807) is 19.1 Å². The van der Waals surface area contributed by atoms with E-state index in [1.807, 2.05) is 24.3 Å². The maximum absolute atomic E-state index is 13.3. The zero-order valence-electron chi connectivity index (χ0n) is 11.9. The molecule has 3 heteroatoms. The lowest BCUT2D eigenvalue weighted by Crippen LogP contribution is -2.12. The van der Waals surface area contributed by atoms with Crippen molar-refractivity contribution in [2.75, 3.05) is 6.61 Å². The van der Waals surface area contributed by atoms with E-state index in [0.29, 0.717) is 12.2 Å². The van der Waals surface area contributed by atoms with Crippen molar-refractivity contribution in [1.82, 2.24) is 0 Å². The van der Waals surface area contributed by atoms with Crippen LogP contribution in [0.5, 0.6) is 5.75 Å². The van der Waals surface area contributed by atoms with Crippen LogP contribution in [0.4, 0.5) is 4.39 Å². The lowest BCUT2D eigenvalue weighted by Gasteiger charge is -2.15. The Labute approximate surface area is 119 Å². The molecule has 0 aliphatic heterocycles. The Morgan fingerprint density at radius 2 is 1.90 bits per heavy atom. The molecule has 2 aromatic rings. The third-order valence-electron chi connectivity index (χ3n) is 3.23. The topological polar surface area (TPSA) is 35.2 Å². The molecule has 2 nitrogen and oxygen atoms in total. The summed E-state index contributed by atoms with van der Waals surface area (Å²) in [5, 5.41) is 0. The van der Waals surface area contributed by atoms with Gasteiger partial charge in [0.1, 0.15) is 11.6 Å². The van der Waals surface area contributed by atoms with Crippen molar-refractivity contribution in [3.05, 3.63) is 65.0 Å². The minimum absolute atomic E-state index is 0.207. The summed E-state index contributed by atoms with van der Waals surface area (Å²) in [6.45, 7) is 4.50. The maximum atomic E-state index is 13.3. The number of hydrogen-bond acceptors (Lipinski definition) is 2. The van der Waals surface area contributed by atoms with Crippen molar-refractivity contribution in [3.63, 3.8) is 0 Å². The molecule has 0 aliphatic carbocycles. The first-order valence-electron chi connectivity index (χ1n) is 6.86. The fourth-order valence-electron chi connectivity index (χ4n) is 2.07. The number of halogens is 1. The van der Waals surface area contributed by atoms with Gasteiger partial charge in [0.15, 0.2) is 0 Å². The van der Waals surface area contributed by atoms with Gasteiger partial charge in [0.2, 0.25) is 0 Å². The van der Waals surface area contributed by atoms with Crippen molar-refractivity contribution < 1.29 is 9.13 Å². The van der Waals surface area contributed by atoms with E-state index in [4.69, 9.17) is 10.5 Å². The third kappa shape index (κ3) is 3.36. The lowest BCUT2D eigenvalue weighted by atomic mass is 9.98. The van der Waals surface area contributed by atoms with Crippen molar-refractivity contribution in [3.8, 4) is 5.75 Å². The number of benzene rings is 2. The Balaban J connectivity index is 2.23. The summed E-state index contributed by atoms with van der Waals surface area (Å²) in [4.78, 5) is 0. The van der Waals surface area contributed by atoms with E-state index in [2.05, 4.69) is 6.92 Å². The Hall–Kier alpha value is -1.87. The van der Waals surface area contributed by atoms with E-state index in [1.165, 1.54) is 6.07 Å². The SMILES string of the molecule is CCCOc1cccc(C(N)c2ccc(F)c(C)c2)c1. The predicted octanol–water partition coefficient (Wildman–Crippen LogP) is 3.97. The molecule has 0 spiro atoms. The molecule has 20 heavy (non-hydrogen) atoms. The molecule has 1 atom stereocenters. The van der Waals surface area contributed by atoms with Gasteiger partial charge in [-0.25, -0.2) is 4.39 Å². The zero-order valence-corrected chi connectivity index (χ0v) is 11.9. The van der Waals surface area contributed by atoms with Gasteiger partial charge < -0.3 is 10.5 Å². The highest BCUT2D eigenvalue weighted by molar-refractivity contribution is 5.37. The molecular weight excluding hydrogens is 253 g/mol. The molecule has 0 saturated carbocycles. The third-order valence-corrected chi connectivity index (χ3v) is 3.23. The van der Waals surface area contributed by atoms with E-state index in [9.17, 15) is 4.39 Å². The highest BCUT2D eigenvalue weighted by atomic mass is 19.1. The number of ether oxygens (including phenoxy) is 1. The predicted molar refractivity (Wildman–Crippen MR) is 79.4 cm³/mol. The van der Waals surface area contributed by atoms with E-state index < -0.39 is 0 Å². The first-order valence-corrected chi connectivity index (χ1v) is 6.86. The van der Waals surface area contributed by atoms with Crippen LogP contribution in [0.25, 0.3) is 0 Å². The molecule has 0 amide bonds. The Bertz CT molecular complexity index is 583. The first kappa shape index (κ1) is 14.5. The van der Waals surface area contributed by atoms with Crippen LogP contribution in [-0.2, 0) is 0 Å². The van der Waals surface area contributed by atoms with E-state index >= 15 is 0 Å². The smallest absolute Gasteiger partial charge is 0.126 e. The van der Waals surface area contributed by atoms with Crippen LogP contribution >= 0.6 is 0 Å². The van der Waals surface area contributed by atoms with Crippen LogP contribution in [0, 0.1) is 12.7 Å². The van der Waals surface area contributed by atoms with Crippen LogP contribution in [0.3, 0.4) is 0 Å². The summed E-state index contributed by atoms with van der Waals surface area (Å²) in [7, 11) is 0. The minimum atomic E-state index is -0.278. The minimum Gasteiger partial charge on any atom is -0.494 e. The average molecular weight is 273 g/mol. The van der Waals surface area contributed by atoms with Gasteiger partial charge in [-0.1, -0.05) is 31.2 Å². The monoisotopic (exact) mass is 273 g/mol. The van der Waals surface area contributed by atoms with Crippen molar-refractivity contribution in [2.24, 2.45) is 5.73 Å². The van der Waals surface area contributed by atoms with Gasteiger partial charge in [-0.05, 0) is 48.2 Å². The van der Waals surface area contributed by atoms with Gasteiger partial charge in [-0.3, -0.25) is 0 Å². The second kappa shape index (κ2) is 6.53. The summed E-state index contributed by atoms with van der Waals surface area (Å²) >= 11 is 0. The van der Waals surface area contributed by atoms with E-state index in [-0.39, 0.29) is 11.9 Å². The summed E-state index contributed by atoms with van der Waals surface area (Å²) in [6.07, 6.45) is 0.966. The van der Waals surface area contributed by atoms with Gasteiger partial charge in [0.05, 0.1) is 12.6 Å². The number of rotatable bonds is 5. The summed E-state index contributed by atoms with van der Waals surface area (Å²) < 4.78 is 18.9. The van der Waals surface area contributed by atoms with Crippen LogP contribution in [0.1, 0.15) is 36.1 Å². The van der Waals surface area contributed by atoms with E-state index in [0.717, 1.165) is 23.3 Å². The fourth-order valence-corrected chi connectivity index (χ4v) is 2.07. The molecule has 2 rings (SSSR count). The summed E-state index contributed by atoms with van der Waals surface area (Å²) in [6, 6.07) is 12.5. The second-order valence-corrected chi connectivity index (χ2v) is 4.91. The Morgan fingerprint density at radius 1 is 1.15 bits per heavy atom. The molecule has 1 unspecified atom stereocenters. The highest BCUT2D eigenvalue weighted by Crippen LogP contribution is 2.24. The maximum Gasteiger partial charge on any atom is 0.126 e. The zero-order chi connectivity index (χ0) is 14.5. The fraction of sp³-hybridized carbons (Fsp3) is 0.294. The molecule has 0 radical (unpaired) electrons. The van der Waals surface area contributed by atoms with Crippen LogP contribution < -0.4 is 10.5 Å². The van der Waals surface area contributed by atoms with Gasteiger partial charge >= 0.3 is 0 Å². The van der Waals surface area contributed by atoms with Crippen molar-refractivity contribution >= 4 is 0 Å². The van der Waals surface area contributed by atoms with Crippen molar-refractivity contribution in [2.45, 2.75) is 26.3 Å². The largest absolute Gasteiger partial charge is 0.494 e. The molecule has 0 fully saturated rings. The number of aryl methyl sites for hydroxylation is 1. The molecule has 2 N–H and O–H groups in total. The average Bonchev–Trinajstić information content (AvgIpc) is 2.47. The van der Waals surface area contributed by atoms with Gasteiger partial charge in [0, 0.05) is 0 Å². The first-order chi connectivity index (χ1) is 9.61. The quantitative estimate of drug-likeness (QED) is 0.894. The Kier molecular flexibility index (Phi) is 4.74. The molecule has 0 saturated heterocycles. The molecule has 106 valence electrons. The van der Waals surface area contributed by atoms with Crippen molar-refractivity contribution in [1.29, 1.82) is 0 Å². The second-order valence-electron chi connectivity index (χ2n) is 4.91. The molecule has 0 heterocycles. The van der Waals surface area contributed by atoms with Gasteiger partial charge in [0.25, 0.3) is 0 Å². The van der Waals surface area contributed by atoms with Crippen LogP contribution in [0.15, 0.2) is 42.5 Å². The summed E-state index contributed by atoms with van der Waals surface area (Å²) in [5.74, 6) is 0.611. The van der Waals surface area contributed by atoms with Crippen LogP contribution in [-0.4, -0.2) is 6.61 Å². The van der Waals surface area contributed by atoms with Gasteiger partial charge in [-0.15, -0.1) is 0 Å². The molecule has 2 aromatic carbocycles. The van der Waals surface area contributed by atoms with Crippen LogP contribution in [0.2, 0.25) is 0 Å². The highest BCUT2D eigenvalue weighted by Gasteiger charge is 2.11. The molecule has 0 aliphatic rings. The molecular formula is C17H20FNO. The molecule has 0 bridgehead atoms. The molecule has 0 aromatic heterocycles. The van der Waals surface area contributed by atoms with Gasteiger partial charge in [-0.2, -0.15) is 0 Å². The summed E-state index contributed by atoms with van der Waals surface area (Å²) in [5.41, 5.74) is 8.72. The number of nitrogens with two attached hydrogens (primary N) is 1. The standard InChI is InChI=1S/C17H20FNO/c1-3-9-20-15-6-4-5-13(11-15)17(19)14-7-8-16(18)12(2)10-14/h4-8,10-11,17H,3,9,19H2,1-2H3. The number of hydrogen-bond donors (Lipinski definition) is 1. The normalized spacial score (nSPS) is 12.2. The lowest BCUT2D eigenvalue weighted by molar-refractivity contribution is 0.317. The Morgan fingerprint density at radius 3 is 2.60 bits per heavy atom.